The molecule has 4 rings (SSSR count). The molecule has 1 N–H and O–H groups in total. The van der Waals surface area contributed by atoms with Gasteiger partial charge in [0.05, 0.1) is 18.7 Å². The highest BCUT2D eigenvalue weighted by Crippen LogP contribution is 2.39. The molecule has 0 aromatic heterocycles. The van der Waals surface area contributed by atoms with Crippen LogP contribution in [0.15, 0.2) is 36.4 Å². The van der Waals surface area contributed by atoms with E-state index in [9.17, 15) is 9.59 Å². The Labute approximate surface area is 167 Å². The first-order valence-electron chi connectivity index (χ1n) is 8.79. The van der Waals surface area contributed by atoms with Gasteiger partial charge in [-0.1, -0.05) is 23.7 Å². The highest BCUT2D eigenvalue weighted by Gasteiger charge is 2.49. The molecule has 7 nitrogen and oxygen atoms in total. The maximum absolute atomic E-state index is 13.1. The summed E-state index contributed by atoms with van der Waals surface area (Å²) >= 11 is 6.27. The molecule has 0 radical (unpaired) electrons. The SMILES string of the molecule is COc1ccc([C@@]2(C)NC(=O)N(Cc3cc(Cl)c4c(c3)OCCO4)C2=O)cc1. The predicted molar refractivity (Wildman–Crippen MR) is 102 cm³/mol. The van der Waals surface area contributed by atoms with Gasteiger partial charge in [0, 0.05) is 0 Å². The Morgan fingerprint density at radius 1 is 1.18 bits per heavy atom. The van der Waals surface area contributed by atoms with Crippen molar-refractivity contribution in [3.63, 3.8) is 0 Å². The number of imide groups is 1. The molecule has 2 aliphatic rings. The van der Waals surface area contributed by atoms with Crippen LogP contribution in [0.2, 0.25) is 5.02 Å². The van der Waals surface area contributed by atoms with Gasteiger partial charge >= 0.3 is 6.03 Å². The van der Waals surface area contributed by atoms with Crippen molar-refractivity contribution < 1.29 is 23.8 Å². The van der Waals surface area contributed by atoms with Crippen LogP contribution in [-0.2, 0) is 16.9 Å². The summed E-state index contributed by atoms with van der Waals surface area (Å²) in [5.41, 5.74) is 0.201. The molecule has 2 aromatic rings. The van der Waals surface area contributed by atoms with Crippen LogP contribution in [0.4, 0.5) is 4.79 Å². The van der Waals surface area contributed by atoms with Gasteiger partial charge in [0.15, 0.2) is 11.5 Å². The van der Waals surface area contributed by atoms with Gasteiger partial charge in [-0.25, -0.2) is 4.79 Å². The number of amides is 3. The van der Waals surface area contributed by atoms with Crippen LogP contribution in [-0.4, -0.2) is 37.2 Å². The zero-order valence-electron chi connectivity index (χ0n) is 15.5. The molecule has 1 saturated heterocycles. The number of methoxy groups -OCH3 is 1. The third-order valence-corrected chi connectivity index (χ3v) is 5.22. The van der Waals surface area contributed by atoms with Crippen molar-refractivity contribution in [2.45, 2.75) is 19.0 Å². The van der Waals surface area contributed by atoms with Crippen molar-refractivity contribution >= 4 is 23.5 Å². The molecule has 0 bridgehead atoms. The average molecular weight is 403 g/mol. The number of nitrogens with zero attached hydrogens (tertiary/aromatic N) is 1. The highest BCUT2D eigenvalue weighted by molar-refractivity contribution is 6.32. The Morgan fingerprint density at radius 3 is 2.61 bits per heavy atom. The fourth-order valence-electron chi connectivity index (χ4n) is 3.40. The predicted octanol–water partition coefficient (Wildman–Crippen LogP) is 3.09. The summed E-state index contributed by atoms with van der Waals surface area (Å²) in [6.45, 7) is 2.61. The average Bonchev–Trinajstić information content (AvgIpc) is 2.92. The first kappa shape index (κ1) is 18.4. The Kier molecular flexibility index (Phi) is 4.55. The smallest absolute Gasteiger partial charge is 0.325 e. The van der Waals surface area contributed by atoms with Gasteiger partial charge in [-0.05, 0) is 42.3 Å². The van der Waals surface area contributed by atoms with Crippen molar-refractivity contribution in [1.82, 2.24) is 10.2 Å². The van der Waals surface area contributed by atoms with E-state index >= 15 is 0 Å². The minimum Gasteiger partial charge on any atom is -0.497 e. The standard InChI is InChI=1S/C20H19ClN2O5/c1-20(13-3-5-14(26-2)6-4-13)18(24)23(19(25)22-20)11-12-9-15(21)17-16(10-12)27-7-8-28-17/h3-6,9-10H,7-8,11H2,1-2H3,(H,22,25)/t20-/m1/s1. The number of benzene rings is 2. The van der Waals surface area contributed by atoms with Crippen molar-refractivity contribution in [3.8, 4) is 17.2 Å². The zero-order chi connectivity index (χ0) is 19.9. The van der Waals surface area contributed by atoms with Crippen LogP contribution >= 0.6 is 11.6 Å². The van der Waals surface area contributed by atoms with E-state index < -0.39 is 11.6 Å². The summed E-state index contributed by atoms with van der Waals surface area (Å²) in [5.74, 6) is 1.33. The van der Waals surface area contributed by atoms with Crippen LogP contribution in [0.25, 0.3) is 0 Å². The van der Waals surface area contributed by atoms with Crippen molar-refractivity contribution in [2.75, 3.05) is 20.3 Å². The molecule has 3 amide bonds. The lowest BCUT2D eigenvalue weighted by atomic mass is 9.92. The number of hydrogen-bond donors (Lipinski definition) is 1. The number of rotatable bonds is 4. The Bertz CT molecular complexity index is 946. The van der Waals surface area contributed by atoms with Gasteiger partial charge in [0.2, 0.25) is 0 Å². The minimum absolute atomic E-state index is 0.0762. The summed E-state index contributed by atoms with van der Waals surface area (Å²) in [7, 11) is 1.57. The van der Waals surface area contributed by atoms with E-state index in [1.54, 1.807) is 50.4 Å². The number of hydrogen-bond acceptors (Lipinski definition) is 5. The number of halogens is 1. The number of fused-ring (bicyclic) bond motifs is 1. The molecule has 0 saturated carbocycles. The van der Waals surface area contributed by atoms with Crippen LogP contribution < -0.4 is 19.5 Å². The molecule has 2 heterocycles. The lowest BCUT2D eigenvalue weighted by Gasteiger charge is -2.23. The molecule has 146 valence electrons. The van der Waals surface area contributed by atoms with Gasteiger partial charge in [-0.3, -0.25) is 9.69 Å². The van der Waals surface area contributed by atoms with E-state index in [-0.39, 0.29) is 12.5 Å². The number of urea groups is 1. The second-order valence-electron chi connectivity index (χ2n) is 6.78. The maximum Gasteiger partial charge on any atom is 0.325 e. The van der Waals surface area contributed by atoms with Gasteiger partial charge in [-0.2, -0.15) is 0 Å². The first-order valence-corrected chi connectivity index (χ1v) is 9.17. The molecule has 1 atom stereocenters. The van der Waals surface area contributed by atoms with E-state index in [4.69, 9.17) is 25.8 Å². The molecule has 28 heavy (non-hydrogen) atoms. The van der Waals surface area contributed by atoms with Crippen molar-refractivity contribution in [2.24, 2.45) is 0 Å². The number of ether oxygens (including phenoxy) is 3. The molecule has 0 spiro atoms. The first-order chi connectivity index (χ1) is 13.4. The summed E-state index contributed by atoms with van der Waals surface area (Å²) in [4.78, 5) is 26.8. The maximum atomic E-state index is 13.1. The molecule has 0 unspecified atom stereocenters. The quantitative estimate of drug-likeness (QED) is 0.795. The van der Waals surface area contributed by atoms with Gasteiger partial charge in [-0.15, -0.1) is 0 Å². The van der Waals surface area contributed by atoms with Gasteiger partial charge in [0.1, 0.15) is 24.5 Å². The third kappa shape index (κ3) is 3.01. The second kappa shape index (κ2) is 6.91. The fraction of sp³-hybridized carbons (Fsp3) is 0.300. The summed E-state index contributed by atoms with van der Waals surface area (Å²) < 4.78 is 16.2. The molecule has 0 aliphatic carbocycles. The number of nitrogens with one attached hydrogen (secondary N) is 1. The van der Waals surface area contributed by atoms with E-state index in [0.29, 0.717) is 46.6 Å². The van der Waals surface area contributed by atoms with Gasteiger partial charge in [0.25, 0.3) is 5.91 Å². The summed E-state index contributed by atoms with van der Waals surface area (Å²) in [5, 5.41) is 3.18. The lowest BCUT2D eigenvalue weighted by Crippen LogP contribution is -2.40. The third-order valence-electron chi connectivity index (χ3n) is 4.94. The van der Waals surface area contributed by atoms with Crippen molar-refractivity contribution in [3.05, 3.63) is 52.5 Å². The molecule has 8 heteroatoms. The normalized spacial score (nSPS) is 20.9. The highest BCUT2D eigenvalue weighted by atomic mass is 35.5. The monoisotopic (exact) mass is 402 g/mol. The Balaban J connectivity index is 1.60. The molecule has 2 aromatic carbocycles. The Morgan fingerprint density at radius 2 is 1.89 bits per heavy atom. The topological polar surface area (TPSA) is 77.1 Å². The lowest BCUT2D eigenvalue weighted by molar-refractivity contribution is -0.131. The van der Waals surface area contributed by atoms with Crippen LogP contribution in [0.5, 0.6) is 17.2 Å². The molecular weight excluding hydrogens is 384 g/mol. The zero-order valence-corrected chi connectivity index (χ0v) is 16.2. The van der Waals surface area contributed by atoms with E-state index in [2.05, 4.69) is 5.32 Å². The summed E-state index contributed by atoms with van der Waals surface area (Å²) in [6, 6.07) is 9.99. The van der Waals surface area contributed by atoms with Crippen LogP contribution in [0, 0.1) is 0 Å². The molecule has 1 fully saturated rings. The summed E-state index contributed by atoms with van der Waals surface area (Å²) in [6.07, 6.45) is 0. The minimum atomic E-state index is -1.15. The fourth-order valence-corrected chi connectivity index (χ4v) is 3.69. The van der Waals surface area contributed by atoms with E-state index in [0.717, 1.165) is 0 Å². The van der Waals surface area contributed by atoms with Crippen LogP contribution in [0.3, 0.4) is 0 Å². The number of carbonyl (C=O) groups excluding carboxylic acids is 2. The largest absolute Gasteiger partial charge is 0.497 e. The van der Waals surface area contributed by atoms with E-state index in [1.807, 2.05) is 0 Å². The van der Waals surface area contributed by atoms with E-state index in [1.165, 1.54) is 4.90 Å². The number of carbonyl (C=O) groups is 2. The molecule has 2 aliphatic heterocycles. The molecular formula is C20H19ClN2O5. The van der Waals surface area contributed by atoms with Crippen LogP contribution in [0.1, 0.15) is 18.1 Å². The Hall–Kier alpha value is -2.93. The van der Waals surface area contributed by atoms with Crippen molar-refractivity contribution in [1.29, 1.82) is 0 Å². The van der Waals surface area contributed by atoms with Gasteiger partial charge < -0.3 is 19.5 Å². The second-order valence-corrected chi connectivity index (χ2v) is 7.18.